The number of aliphatic hydroxyl groups excluding tert-OH is 1. The summed E-state index contributed by atoms with van der Waals surface area (Å²) in [6, 6.07) is 14.3. The van der Waals surface area contributed by atoms with Crippen LogP contribution < -0.4 is 0 Å². The smallest absolute Gasteiger partial charge is 0.0854 e. The van der Waals surface area contributed by atoms with Crippen molar-refractivity contribution in [2.24, 2.45) is 0 Å². The third-order valence-corrected chi connectivity index (χ3v) is 3.40. The molecule has 1 nitrogen and oxygen atoms in total. The molecular formula is C12H12OS. The topological polar surface area (TPSA) is 20.2 Å². The Labute approximate surface area is 87.7 Å². The lowest BCUT2D eigenvalue weighted by atomic mass is 10.2. The van der Waals surface area contributed by atoms with Crippen molar-refractivity contribution in [2.45, 2.75) is 13.0 Å². The SMILES string of the molecule is C[C@@H](O)c1ccc(-c2ccccc2)s1. The zero-order valence-electron chi connectivity index (χ0n) is 7.97. The minimum Gasteiger partial charge on any atom is -0.388 e. The zero-order chi connectivity index (χ0) is 9.97. The van der Waals surface area contributed by atoms with Crippen LogP contribution in [0.2, 0.25) is 0 Å². The highest BCUT2D eigenvalue weighted by Gasteiger charge is 2.05. The van der Waals surface area contributed by atoms with E-state index in [4.69, 9.17) is 0 Å². The van der Waals surface area contributed by atoms with Crippen LogP contribution in [0.3, 0.4) is 0 Å². The number of thiophene rings is 1. The number of hydrogen-bond acceptors (Lipinski definition) is 2. The molecule has 0 amide bonds. The van der Waals surface area contributed by atoms with E-state index in [1.165, 1.54) is 10.4 Å². The Hall–Kier alpha value is -1.12. The molecule has 72 valence electrons. The fourth-order valence-electron chi connectivity index (χ4n) is 1.33. The summed E-state index contributed by atoms with van der Waals surface area (Å²) in [5, 5.41) is 9.39. The van der Waals surface area contributed by atoms with E-state index in [1.807, 2.05) is 24.3 Å². The molecule has 0 aliphatic carbocycles. The van der Waals surface area contributed by atoms with E-state index in [1.54, 1.807) is 18.3 Å². The Morgan fingerprint density at radius 2 is 1.79 bits per heavy atom. The van der Waals surface area contributed by atoms with Crippen molar-refractivity contribution < 1.29 is 5.11 Å². The summed E-state index contributed by atoms with van der Waals surface area (Å²) in [5.41, 5.74) is 1.21. The first-order valence-electron chi connectivity index (χ1n) is 4.60. The maximum atomic E-state index is 9.39. The van der Waals surface area contributed by atoms with E-state index >= 15 is 0 Å². The van der Waals surface area contributed by atoms with E-state index in [9.17, 15) is 5.11 Å². The van der Waals surface area contributed by atoms with Gasteiger partial charge in [-0.3, -0.25) is 0 Å². The van der Waals surface area contributed by atoms with E-state index in [0.29, 0.717) is 0 Å². The van der Waals surface area contributed by atoms with Crippen molar-refractivity contribution in [2.75, 3.05) is 0 Å². The molecule has 0 bridgehead atoms. The summed E-state index contributed by atoms with van der Waals surface area (Å²) in [6.07, 6.45) is -0.363. The lowest BCUT2D eigenvalue weighted by Crippen LogP contribution is -1.83. The molecule has 0 fully saturated rings. The third kappa shape index (κ3) is 1.86. The molecule has 1 heterocycles. The molecule has 0 saturated heterocycles. The van der Waals surface area contributed by atoms with Crippen LogP contribution in [0.1, 0.15) is 17.9 Å². The van der Waals surface area contributed by atoms with Gasteiger partial charge in [0.15, 0.2) is 0 Å². The Morgan fingerprint density at radius 3 is 2.36 bits per heavy atom. The molecule has 1 aromatic heterocycles. The minimum absolute atomic E-state index is 0.363. The van der Waals surface area contributed by atoms with Gasteiger partial charge in [0, 0.05) is 9.75 Å². The molecular weight excluding hydrogens is 192 g/mol. The lowest BCUT2D eigenvalue weighted by Gasteiger charge is -1.98. The van der Waals surface area contributed by atoms with Gasteiger partial charge in [-0.25, -0.2) is 0 Å². The van der Waals surface area contributed by atoms with E-state index < -0.39 is 0 Å². The zero-order valence-corrected chi connectivity index (χ0v) is 8.79. The molecule has 2 rings (SSSR count). The maximum Gasteiger partial charge on any atom is 0.0854 e. The Bertz CT molecular complexity index is 403. The van der Waals surface area contributed by atoms with E-state index in [0.717, 1.165) is 4.88 Å². The van der Waals surface area contributed by atoms with Gasteiger partial charge in [0.25, 0.3) is 0 Å². The van der Waals surface area contributed by atoms with Crippen molar-refractivity contribution in [1.29, 1.82) is 0 Å². The van der Waals surface area contributed by atoms with Crippen LogP contribution in [0, 0.1) is 0 Å². The first kappa shape index (κ1) is 9.44. The van der Waals surface area contributed by atoms with Crippen LogP contribution in [0.5, 0.6) is 0 Å². The molecule has 1 atom stereocenters. The third-order valence-electron chi connectivity index (χ3n) is 2.10. The quantitative estimate of drug-likeness (QED) is 0.794. The summed E-state index contributed by atoms with van der Waals surface area (Å²) >= 11 is 1.64. The van der Waals surface area contributed by atoms with Crippen molar-refractivity contribution in [3.8, 4) is 10.4 Å². The highest BCUT2D eigenvalue weighted by atomic mass is 32.1. The summed E-state index contributed by atoms with van der Waals surface area (Å²) in [6.45, 7) is 1.79. The van der Waals surface area contributed by atoms with Crippen molar-refractivity contribution in [3.05, 3.63) is 47.3 Å². The number of aliphatic hydroxyl groups is 1. The fourth-order valence-corrected chi connectivity index (χ4v) is 2.29. The fraction of sp³-hybridized carbons (Fsp3) is 0.167. The van der Waals surface area contributed by atoms with E-state index in [-0.39, 0.29) is 6.10 Å². The second-order valence-electron chi connectivity index (χ2n) is 3.24. The molecule has 0 radical (unpaired) electrons. The average molecular weight is 204 g/mol. The average Bonchev–Trinajstić information content (AvgIpc) is 2.68. The monoisotopic (exact) mass is 204 g/mol. The Morgan fingerprint density at radius 1 is 1.07 bits per heavy atom. The first-order valence-corrected chi connectivity index (χ1v) is 5.42. The molecule has 0 aliphatic rings. The van der Waals surface area contributed by atoms with Gasteiger partial charge in [-0.2, -0.15) is 0 Å². The minimum atomic E-state index is -0.363. The van der Waals surface area contributed by atoms with Crippen LogP contribution in [0.4, 0.5) is 0 Å². The van der Waals surface area contributed by atoms with Crippen molar-refractivity contribution in [3.63, 3.8) is 0 Å². The van der Waals surface area contributed by atoms with Gasteiger partial charge in [0.2, 0.25) is 0 Å². The van der Waals surface area contributed by atoms with Gasteiger partial charge >= 0.3 is 0 Å². The molecule has 1 aromatic carbocycles. The van der Waals surface area contributed by atoms with Crippen LogP contribution in [-0.2, 0) is 0 Å². The van der Waals surface area contributed by atoms with Gasteiger partial charge in [-0.1, -0.05) is 30.3 Å². The Kier molecular flexibility index (Phi) is 2.66. The first-order chi connectivity index (χ1) is 6.77. The predicted octanol–water partition coefficient (Wildman–Crippen LogP) is 3.47. The molecule has 0 aliphatic heterocycles. The molecule has 2 heteroatoms. The van der Waals surface area contributed by atoms with Gasteiger partial charge in [0.1, 0.15) is 0 Å². The van der Waals surface area contributed by atoms with Gasteiger partial charge in [0.05, 0.1) is 6.10 Å². The second-order valence-corrected chi connectivity index (χ2v) is 4.36. The molecule has 14 heavy (non-hydrogen) atoms. The Balaban J connectivity index is 2.34. The number of benzene rings is 1. The largest absolute Gasteiger partial charge is 0.388 e. The van der Waals surface area contributed by atoms with Crippen molar-refractivity contribution >= 4 is 11.3 Å². The second kappa shape index (κ2) is 3.95. The maximum absolute atomic E-state index is 9.39. The van der Waals surface area contributed by atoms with Crippen molar-refractivity contribution in [1.82, 2.24) is 0 Å². The van der Waals surface area contributed by atoms with E-state index in [2.05, 4.69) is 18.2 Å². The van der Waals surface area contributed by atoms with Gasteiger partial charge in [-0.05, 0) is 24.6 Å². The standard InChI is InChI=1S/C12H12OS/c1-9(13)11-7-8-12(14-11)10-5-3-2-4-6-10/h2-9,13H,1H3/t9-/m1/s1. The number of hydrogen-bond donors (Lipinski definition) is 1. The van der Waals surface area contributed by atoms with Crippen LogP contribution >= 0.6 is 11.3 Å². The summed E-state index contributed by atoms with van der Waals surface area (Å²) in [5.74, 6) is 0. The van der Waals surface area contributed by atoms with Crippen LogP contribution in [0.25, 0.3) is 10.4 Å². The van der Waals surface area contributed by atoms with Gasteiger partial charge < -0.3 is 5.11 Å². The van der Waals surface area contributed by atoms with Crippen LogP contribution in [-0.4, -0.2) is 5.11 Å². The highest BCUT2D eigenvalue weighted by Crippen LogP contribution is 2.30. The number of rotatable bonds is 2. The van der Waals surface area contributed by atoms with Gasteiger partial charge in [-0.15, -0.1) is 11.3 Å². The lowest BCUT2D eigenvalue weighted by molar-refractivity contribution is 0.203. The predicted molar refractivity (Wildman–Crippen MR) is 60.4 cm³/mol. The van der Waals surface area contributed by atoms with Crippen LogP contribution in [0.15, 0.2) is 42.5 Å². The highest BCUT2D eigenvalue weighted by molar-refractivity contribution is 7.15. The molecule has 0 spiro atoms. The molecule has 2 aromatic rings. The summed E-state index contributed by atoms with van der Waals surface area (Å²) < 4.78 is 0. The molecule has 1 N–H and O–H groups in total. The molecule has 0 saturated carbocycles. The summed E-state index contributed by atoms with van der Waals surface area (Å²) in [4.78, 5) is 2.23. The molecule has 0 unspecified atom stereocenters. The summed E-state index contributed by atoms with van der Waals surface area (Å²) in [7, 11) is 0. The normalized spacial score (nSPS) is 12.7.